The largest absolute Gasteiger partial charge is 0.442 e. The molecule has 2 aromatic rings. The Balaban J connectivity index is 2.88. The van der Waals surface area contributed by atoms with Gasteiger partial charge in [-0.3, -0.25) is 0 Å². The molecule has 0 aliphatic rings. The van der Waals surface area contributed by atoms with Crippen LogP contribution in [0.15, 0.2) is 22.0 Å². The standard InChI is InChI=1S/C6H5N3O/c1-7-6-5-4(2-8-6)10-3-9-5/h2-3,8H,1H2. The average molecular weight is 135 g/mol. The predicted molar refractivity (Wildman–Crippen MR) is 37.6 cm³/mol. The van der Waals surface area contributed by atoms with E-state index in [4.69, 9.17) is 4.42 Å². The van der Waals surface area contributed by atoms with Crippen LogP contribution in [0, 0.1) is 0 Å². The van der Waals surface area contributed by atoms with Crippen LogP contribution in [0.3, 0.4) is 0 Å². The number of nitrogens with zero attached hydrogens (tertiary/aromatic N) is 2. The maximum Gasteiger partial charge on any atom is 0.182 e. The lowest BCUT2D eigenvalue weighted by atomic mass is 10.5. The molecule has 0 atom stereocenters. The molecule has 0 spiro atoms. The molecule has 0 bridgehead atoms. The summed E-state index contributed by atoms with van der Waals surface area (Å²) in [7, 11) is 0. The second kappa shape index (κ2) is 1.70. The maximum absolute atomic E-state index is 4.97. The lowest BCUT2D eigenvalue weighted by Gasteiger charge is -1.78. The molecule has 0 aliphatic heterocycles. The van der Waals surface area contributed by atoms with Crippen molar-refractivity contribution in [1.29, 1.82) is 0 Å². The zero-order chi connectivity index (χ0) is 6.97. The fourth-order valence-electron chi connectivity index (χ4n) is 0.858. The van der Waals surface area contributed by atoms with Crippen LogP contribution >= 0.6 is 0 Å². The number of oxazole rings is 1. The van der Waals surface area contributed by atoms with Crippen LogP contribution in [-0.4, -0.2) is 16.7 Å². The van der Waals surface area contributed by atoms with Crippen LogP contribution < -0.4 is 0 Å². The molecule has 4 heteroatoms. The molecule has 4 nitrogen and oxygen atoms in total. The Kier molecular flexibility index (Phi) is 0.887. The molecule has 1 N–H and O–H groups in total. The minimum atomic E-state index is 0.656. The summed E-state index contributed by atoms with van der Waals surface area (Å²) in [5, 5.41) is 0. The number of H-pyrrole nitrogens is 1. The van der Waals surface area contributed by atoms with E-state index in [1.807, 2.05) is 0 Å². The minimum absolute atomic E-state index is 0.656. The van der Waals surface area contributed by atoms with Crippen LogP contribution in [-0.2, 0) is 0 Å². The van der Waals surface area contributed by atoms with Crippen molar-refractivity contribution in [3.63, 3.8) is 0 Å². The quantitative estimate of drug-likeness (QED) is 0.602. The van der Waals surface area contributed by atoms with Gasteiger partial charge in [-0.1, -0.05) is 0 Å². The monoisotopic (exact) mass is 135 g/mol. The molecule has 0 saturated carbocycles. The van der Waals surface area contributed by atoms with E-state index >= 15 is 0 Å². The first-order chi connectivity index (χ1) is 4.92. The van der Waals surface area contributed by atoms with Crippen molar-refractivity contribution < 1.29 is 4.42 Å². The summed E-state index contributed by atoms with van der Waals surface area (Å²) in [5.74, 6) is 0.656. The highest BCUT2D eigenvalue weighted by Gasteiger charge is 2.03. The summed E-state index contributed by atoms with van der Waals surface area (Å²) >= 11 is 0. The van der Waals surface area contributed by atoms with E-state index in [2.05, 4.69) is 21.7 Å². The van der Waals surface area contributed by atoms with E-state index in [1.54, 1.807) is 6.20 Å². The van der Waals surface area contributed by atoms with Crippen molar-refractivity contribution in [2.75, 3.05) is 0 Å². The van der Waals surface area contributed by atoms with Crippen molar-refractivity contribution in [1.82, 2.24) is 9.97 Å². The number of aromatic amines is 1. The Bertz CT molecular complexity index is 360. The normalized spacial score (nSPS) is 10.4. The lowest BCUT2D eigenvalue weighted by Crippen LogP contribution is -1.61. The summed E-state index contributed by atoms with van der Waals surface area (Å²) in [6, 6.07) is 0. The van der Waals surface area contributed by atoms with E-state index in [0.29, 0.717) is 11.4 Å². The molecule has 10 heavy (non-hydrogen) atoms. The van der Waals surface area contributed by atoms with Crippen molar-refractivity contribution in [3.8, 4) is 0 Å². The molecule has 0 aliphatic carbocycles. The molecule has 0 unspecified atom stereocenters. The van der Waals surface area contributed by atoms with Gasteiger partial charge in [0.2, 0.25) is 0 Å². The molecule has 0 amide bonds. The first kappa shape index (κ1) is 5.22. The Hall–Kier alpha value is -1.58. The van der Waals surface area contributed by atoms with Crippen LogP contribution in [0.4, 0.5) is 5.82 Å². The van der Waals surface area contributed by atoms with Crippen molar-refractivity contribution in [2.45, 2.75) is 0 Å². The third-order valence-corrected chi connectivity index (χ3v) is 1.32. The maximum atomic E-state index is 4.97. The highest BCUT2D eigenvalue weighted by molar-refractivity contribution is 5.83. The summed E-state index contributed by atoms with van der Waals surface area (Å²) in [6.45, 7) is 3.37. The highest BCUT2D eigenvalue weighted by Crippen LogP contribution is 2.21. The molecule has 0 radical (unpaired) electrons. The SMILES string of the molecule is C=Nc1[nH]cc2ocnc12. The van der Waals surface area contributed by atoms with E-state index in [-0.39, 0.29) is 0 Å². The van der Waals surface area contributed by atoms with Gasteiger partial charge in [0.05, 0.1) is 0 Å². The number of fused-ring (bicyclic) bond motifs is 1. The number of aliphatic imine (C=N–C) groups is 1. The van der Waals surface area contributed by atoms with Crippen molar-refractivity contribution >= 4 is 23.6 Å². The topological polar surface area (TPSA) is 54.2 Å². The third-order valence-electron chi connectivity index (χ3n) is 1.32. The number of aromatic nitrogens is 2. The summed E-state index contributed by atoms with van der Waals surface area (Å²) in [6.07, 6.45) is 3.08. The molecular formula is C6H5N3O. The Labute approximate surface area is 56.6 Å². The van der Waals surface area contributed by atoms with E-state index in [1.165, 1.54) is 6.39 Å². The van der Waals surface area contributed by atoms with E-state index < -0.39 is 0 Å². The summed E-state index contributed by atoms with van der Waals surface area (Å²) in [4.78, 5) is 10.5. The number of hydrogen-bond donors (Lipinski definition) is 1. The van der Waals surface area contributed by atoms with Gasteiger partial charge in [0.25, 0.3) is 0 Å². The van der Waals surface area contributed by atoms with E-state index in [0.717, 1.165) is 5.52 Å². The Morgan fingerprint density at radius 2 is 2.60 bits per heavy atom. The van der Waals surface area contributed by atoms with Gasteiger partial charge in [-0.25, -0.2) is 9.98 Å². The second-order valence-corrected chi connectivity index (χ2v) is 1.86. The zero-order valence-corrected chi connectivity index (χ0v) is 5.16. The van der Waals surface area contributed by atoms with Crippen LogP contribution in [0.2, 0.25) is 0 Å². The molecule has 0 fully saturated rings. The van der Waals surface area contributed by atoms with Gasteiger partial charge in [0, 0.05) is 6.20 Å². The smallest absolute Gasteiger partial charge is 0.182 e. The molecule has 50 valence electrons. The molecule has 2 heterocycles. The highest BCUT2D eigenvalue weighted by atomic mass is 16.3. The van der Waals surface area contributed by atoms with Crippen molar-refractivity contribution in [2.24, 2.45) is 4.99 Å². The number of nitrogens with one attached hydrogen (secondary N) is 1. The first-order valence-corrected chi connectivity index (χ1v) is 2.79. The fraction of sp³-hybridized carbons (Fsp3) is 0. The minimum Gasteiger partial charge on any atom is -0.442 e. The molecule has 0 aromatic carbocycles. The predicted octanol–water partition coefficient (Wildman–Crippen LogP) is 1.49. The second-order valence-electron chi connectivity index (χ2n) is 1.86. The van der Waals surface area contributed by atoms with Crippen LogP contribution in [0.1, 0.15) is 0 Å². The van der Waals surface area contributed by atoms with E-state index in [9.17, 15) is 0 Å². The average Bonchev–Trinajstić information content (AvgIpc) is 2.44. The van der Waals surface area contributed by atoms with Crippen LogP contribution in [0.5, 0.6) is 0 Å². The van der Waals surface area contributed by atoms with Gasteiger partial charge in [0.1, 0.15) is 0 Å². The van der Waals surface area contributed by atoms with Gasteiger partial charge in [0.15, 0.2) is 23.3 Å². The summed E-state index contributed by atoms with van der Waals surface area (Å²) in [5.41, 5.74) is 1.44. The van der Waals surface area contributed by atoms with Crippen molar-refractivity contribution in [3.05, 3.63) is 12.6 Å². The van der Waals surface area contributed by atoms with Crippen LogP contribution in [0.25, 0.3) is 11.1 Å². The summed E-state index contributed by atoms with van der Waals surface area (Å²) < 4.78 is 4.97. The molecule has 2 aromatic heterocycles. The third kappa shape index (κ3) is 0.500. The molecular weight excluding hydrogens is 130 g/mol. The first-order valence-electron chi connectivity index (χ1n) is 2.79. The number of hydrogen-bond acceptors (Lipinski definition) is 3. The number of rotatable bonds is 1. The molecule has 2 rings (SSSR count). The molecule has 0 saturated heterocycles. The zero-order valence-electron chi connectivity index (χ0n) is 5.16. The van der Waals surface area contributed by atoms with Gasteiger partial charge in [-0.2, -0.15) is 0 Å². The van der Waals surface area contributed by atoms with Gasteiger partial charge < -0.3 is 9.40 Å². The van der Waals surface area contributed by atoms with Gasteiger partial charge in [-0.15, -0.1) is 0 Å². The van der Waals surface area contributed by atoms with Gasteiger partial charge in [-0.05, 0) is 6.72 Å². The Morgan fingerprint density at radius 1 is 1.70 bits per heavy atom. The van der Waals surface area contributed by atoms with Gasteiger partial charge >= 0.3 is 0 Å². The fourth-order valence-corrected chi connectivity index (χ4v) is 0.858. The lowest BCUT2D eigenvalue weighted by molar-refractivity contribution is 0.601. The Morgan fingerprint density at radius 3 is 3.40 bits per heavy atom.